The number of aliphatic imine (C=N–C) groups is 1. The Morgan fingerprint density at radius 2 is 1.80 bits per heavy atom. The van der Waals surface area contributed by atoms with Crippen molar-refractivity contribution in [1.29, 1.82) is 0 Å². The van der Waals surface area contributed by atoms with Crippen molar-refractivity contribution in [3.8, 4) is 0 Å². The molecule has 11 heteroatoms. The lowest BCUT2D eigenvalue weighted by molar-refractivity contribution is -0.136. The van der Waals surface area contributed by atoms with Crippen LogP contribution in [-0.2, 0) is 10.9 Å². The molecule has 1 aliphatic rings. The summed E-state index contributed by atoms with van der Waals surface area (Å²) in [7, 11) is 0. The third-order valence-corrected chi connectivity index (χ3v) is 5.65. The van der Waals surface area contributed by atoms with Gasteiger partial charge in [0.15, 0.2) is 0 Å². The topological polar surface area (TPSA) is 91.8 Å². The first-order valence-electron chi connectivity index (χ1n) is 11.2. The van der Waals surface area contributed by atoms with E-state index in [1.54, 1.807) is 19.1 Å². The molecule has 0 saturated heterocycles. The zero-order chi connectivity index (χ0) is 25.4. The molecular formula is C24H26ClF3N4O3. The molecule has 0 bridgehead atoms. The van der Waals surface area contributed by atoms with Crippen LogP contribution < -0.4 is 16.0 Å². The number of benzene rings is 2. The van der Waals surface area contributed by atoms with E-state index in [2.05, 4.69) is 20.9 Å². The molecule has 7 nitrogen and oxygen atoms in total. The predicted molar refractivity (Wildman–Crippen MR) is 128 cm³/mol. The highest BCUT2D eigenvalue weighted by Gasteiger charge is 2.33. The first-order valence-corrected chi connectivity index (χ1v) is 11.5. The van der Waals surface area contributed by atoms with Crippen LogP contribution in [-0.4, -0.2) is 36.7 Å². The lowest BCUT2D eigenvalue weighted by Crippen LogP contribution is -2.40. The van der Waals surface area contributed by atoms with Gasteiger partial charge in [0.2, 0.25) is 5.96 Å². The Morgan fingerprint density at radius 3 is 2.46 bits per heavy atom. The molecule has 0 atom stereocenters. The number of guanidine groups is 1. The molecule has 0 radical (unpaired) electrons. The second kappa shape index (κ2) is 11.9. The second-order valence-corrected chi connectivity index (χ2v) is 8.42. The minimum Gasteiger partial charge on any atom is -0.450 e. The Bertz CT molecular complexity index is 1070. The van der Waals surface area contributed by atoms with E-state index < -0.39 is 23.7 Å². The summed E-state index contributed by atoms with van der Waals surface area (Å²) in [5, 5.41) is 8.36. The molecule has 0 spiro atoms. The van der Waals surface area contributed by atoms with Crippen molar-refractivity contribution < 1.29 is 27.5 Å². The maximum absolute atomic E-state index is 13.5. The highest BCUT2D eigenvalue weighted by molar-refractivity contribution is 6.31. The van der Waals surface area contributed by atoms with Gasteiger partial charge in [-0.1, -0.05) is 29.8 Å². The molecule has 1 fully saturated rings. The molecule has 0 aromatic heterocycles. The molecule has 1 aliphatic carbocycles. The number of nitrogens with zero attached hydrogens (tertiary/aromatic N) is 1. The third-order valence-electron chi connectivity index (χ3n) is 5.41. The highest BCUT2D eigenvalue weighted by Crippen LogP contribution is 2.34. The fourth-order valence-corrected chi connectivity index (χ4v) is 3.93. The Balaban J connectivity index is 1.79. The third kappa shape index (κ3) is 7.88. The smallest absolute Gasteiger partial charge is 0.418 e. The van der Waals surface area contributed by atoms with E-state index in [1.807, 2.05) is 0 Å². The van der Waals surface area contributed by atoms with Crippen LogP contribution in [0.2, 0.25) is 5.02 Å². The maximum atomic E-state index is 13.5. The largest absolute Gasteiger partial charge is 0.450 e. The molecule has 0 unspecified atom stereocenters. The van der Waals surface area contributed by atoms with E-state index in [4.69, 9.17) is 16.3 Å². The normalized spacial score (nSPS) is 18.5. The number of nitrogens with one attached hydrogen (secondary N) is 3. The van der Waals surface area contributed by atoms with E-state index in [9.17, 15) is 22.8 Å². The standard InChI is InChI=1S/C24H26ClF3N4O3/c1-2-35-23(34)30-18-12-10-17(11-13-18)29-22(32-21(33)15-6-5-7-16(25)14-15)31-20-9-4-3-8-19(20)24(26,27)28/h3-9,14,17-18H,2,10-13H2,1H3,(H,30,34)(H2,29,31,32,33). The van der Waals surface area contributed by atoms with Gasteiger partial charge in [-0.05, 0) is 62.9 Å². The van der Waals surface area contributed by atoms with Gasteiger partial charge in [0.1, 0.15) is 0 Å². The zero-order valence-electron chi connectivity index (χ0n) is 19.0. The summed E-state index contributed by atoms with van der Waals surface area (Å²) in [4.78, 5) is 28.9. The van der Waals surface area contributed by atoms with Crippen LogP contribution in [0.25, 0.3) is 0 Å². The quantitative estimate of drug-likeness (QED) is 0.360. The lowest BCUT2D eigenvalue weighted by Gasteiger charge is -2.27. The van der Waals surface area contributed by atoms with Gasteiger partial charge in [-0.25, -0.2) is 9.79 Å². The zero-order valence-corrected chi connectivity index (χ0v) is 19.7. The number of alkyl halides is 3. The number of halogens is 4. The van der Waals surface area contributed by atoms with Crippen molar-refractivity contribution in [1.82, 2.24) is 10.6 Å². The van der Waals surface area contributed by atoms with Crippen LogP contribution in [0.1, 0.15) is 48.5 Å². The van der Waals surface area contributed by atoms with E-state index in [-0.39, 0.29) is 35.9 Å². The molecule has 0 aliphatic heterocycles. The number of ether oxygens (including phenoxy) is 1. The van der Waals surface area contributed by atoms with Crippen molar-refractivity contribution in [2.24, 2.45) is 4.99 Å². The van der Waals surface area contributed by atoms with Crippen molar-refractivity contribution in [3.63, 3.8) is 0 Å². The molecule has 0 heterocycles. The Hall–Kier alpha value is -3.27. The number of para-hydroxylation sites is 1. The minimum absolute atomic E-state index is 0.0797. The van der Waals surface area contributed by atoms with Crippen LogP contribution in [0, 0.1) is 0 Å². The Morgan fingerprint density at radius 1 is 1.09 bits per heavy atom. The summed E-state index contributed by atoms with van der Waals surface area (Å²) < 4.78 is 45.4. The van der Waals surface area contributed by atoms with E-state index in [1.165, 1.54) is 30.3 Å². The summed E-state index contributed by atoms with van der Waals surface area (Å²) in [6, 6.07) is 10.8. The van der Waals surface area contributed by atoms with Crippen LogP contribution in [0.5, 0.6) is 0 Å². The number of anilines is 1. The molecule has 188 valence electrons. The van der Waals surface area contributed by atoms with Crippen molar-refractivity contribution in [2.75, 3.05) is 11.9 Å². The van der Waals surface area contributed by atoms with Crippen molar-refractivity contribution >= 4 is 35.2 Å². The van der Waals surface area contributed by atoms with Gasteiger partial charge >= 0.3 is 12.3 Å². The molecule has 3 N–H and O–H groups in total. The average molecular weight is 511 g/mol. The average Bonchev–Trinajstić information content (AvgIpc) is 2.80. The highest BCUT2D eigenvalue weighted by atomic mass is 35.5. The molecule has 35 heavy (non-hydrogen) atoms. The Labute approximate surface area is 206 Å². The van der Waals surface area contributed by atoms with E-state index in [0.717, 1.165) is 6.07 Å². The monoisotopic (exact) mass is 510 g/mol. The molecular weight excluding hydrogens is 485 g/mol. The molecule has 2 aromatic rings. The first kappa shape index (κ1) is 26.3. The molecule has 1 saturated carbocycles. The Kier molecular flexibility index (Phi) is 8.97. The van der Waals surface area contributed by atoms with Crippen LogP contribution in [0.4, 0.5) is 23.7 Å². The number of hydrogen-bond acceptors (Lipinski definition) is 4. The summed E-state index contributed by atoms with van der Waals surface area (Å²) in [6.45, 7) is 1.99. The van der Waals surface area contributed by atoms with E-state index >= 15 is 0 Å². The maximum Gasteiger partial charge on any atom is 0.418 e. The number of amides is 2. The number of alkyl carbamates (subject to hydrolysis) is 1. The lowest BCUT2D eigenvalue weighted by atomic mass is 9.92. The summed E-state index contributed by atoms with van der Waals surface area (Å²) in [5.41, 5.74) is -0.881. The second-order valence-electron chi connectivity index (χ2n) is 7.98. The van der Waals surface area contributed by atoms with Gasteiger partial charge in [-0.2, -0.15) is 13.2 Å². The van der Waals surface area contributed by atoms with Gasteiger partial charge in [0, 0.05) is 16.6 Å². The number of carbonyl (C=O) groups is 2. The van der Waals surface area contributed by atoms with Crippen LogP contribution in [0.3, 0.4) is 0 Å². The first-order chi connectivity index (χ1) is 16.7. The molecule has 3 rings (SSSR count). The summed E-state index contributed by atoms with van der Waals surface area (Å²) in [5.74, 6) is -0.672. The van der Waals surface area contributed by atoms with Gasteiger partial charge < -0.3 is 15.4 Å². The number of rotatable bonds is 5. The fourth-order valence-electron chi connectivity index (χ4n) is 3.74. The van der Waals surface area contributed by atoms with Crippen LogP contribution in [0.15, 0.2) is 53.5 Å². The van der Waals surface area contributed by atoms with Gasteiger partial charge in [0.05, 0.1) is 23.9 Å². The van der Waals surface area contributed by atoms with Gasteiger partial charge in [-0.15, -0.1) is 0 Å². The molecule has 2 aromatic carbocycles. The van der Waals surface area contributed by atoms with Crippen molar-refractivity contribution in [2.45, 2.75) is 50.9 Å². The summed E-state index contributed by atoms with van der Waals surface area (Å²) >= 11 is 5.96. The van der Waals surface area contributed by atoms with Crippen molar-refractivity contribution in [3.05, 3.63) is 64.7 Å². The van der Waals surface area contributed by atoms with E-state index in [0.29, 0.717) is 30.7 Å². The van der Waals surface area contributed by atoms with Crippen LogP contribution >= 0.6 is 11.6 Å². The van der Waals surface area contributed by atoms with Gasteiger partial charge in [-0.3, -0.25) is 10.1 Å². The predicted octanol–water partition coefficient (Wildman–Crippen LogP) is 5.61. The number of carbonyl (C=O) groups excluding carboxylic acids is 2. The number of hydrogen-bond donors (Lipinski definition) is 3. The fraction of sp³-hybridized carbons (Fsp3) is 0.375. The minimum atomic E-state index is -4.59. The molecule has 2 amide bonds. The SMILES string of the molecule is CCOC(=O)NC1CCC(N=C(NC(=O)c2cccc(Cl)c2)Nc2ccccc2C(F)(F)F)CC1. The summed E-state index contributed by atoms with van der Waals surface area (Å²) in [6.07, 6.45) is -2.72. The van der Waals surface area contributed by atoms with Gasteiger partial charge in [0.25, 0.3) is 5.91 Å².